The number of hydrogen-bond donors (Lipinski definition) is 3. The molecule has 3 N–H and O–H groups in total. The highest BCUT2D eigenvalue weighted by molar-refractivity contribution is 7.47. The number of phosphoric ester groups is 2. The Morgan fingerprint density at radius 3 is 0.646 bits per heavy atom. The molecule has 0 bridgehead atoms. The van der Waals surface area contributed by atoms with Crippen LogP contribution in [-0.2, 0) is 65.4 Å². The fraction of sp³-hybridized carbons (Fsp3) is 0.948. The van der Waals surface area contributed by atoms with E-state index in [-0.39, 0.29) is 25.7 Å². The Morgan fingerprint density at radius 1 is 0.260 bits per heavy atom. The van der Waals surface area contributed by atoms with Crippen LogP contribution in [0.1, 0.15) is 389 Å². The van der Waals surface area contributed by atoms with Gasteiger partial charge in [-0.25, -0.2) is 9.13 Å². The summed E-state index contributed by atoms with van der Waals surface area (Å²) < 4.78 is 68.4. The van der Waals surface area contributed by atoms with Gasteiger partial charge < -0.3 is 33.8 Å². The van der Waals surface area contributed by atoms with Crippen molar-refractivity contribution in [1.82, 2.24) is 0 Å². The first-order chi connectivity index (χ1) is 46.1. The third-order valence-electron chi connectivity index (χ3n) is 17.8. The van der Waals surface area contributed by atoms with Gasteiger partial charge in [-0.15, -0.1) is 0 Å². The smallest absolute Gasteiger partial charge is 0.462 e. The summed E-state index contributed by atoms with van der Waals surface area (Å²) in [6, 6.07) is 0. The standard InChI is InChI=1S/C77H150O17P2/c1-67(2)53-45-37-29-25-21-17-13-11-9-10-12-14-19-23-27-31-41-49-57-74(79)87-63-73(94-77(82)60-52-44-36-34-40-48-56-70(7)8)66-92-96(85,86)90-62-71(78)61-89-95(83,84)91-65-72(64-88-75(80)58-50-42-35-33-39-47-55-69(5)6)93-76(81)59-51-43-32-28-24-20-16-15-18-22-26-30-38-46-54-68(3)4/h67-73,78H,9-66H2,1-8H3,(H,83,84)(H,85,86)/t71?,72-,73-/m1/s1. The van der Waals surface area contributed by atoms with E-state index < -0.39 is 97.5 Å². The van der Waals surface area contributed by atoms with Crippen molar-refractivity contribution < 1.29 is 80.2 Å². The first-order valence-corrected chi connectivity index (χ1v) is 42.7. The van der Waals surface area contributed by atoms with Crippen molar-refractivity contribution in [2.24, 2.45) is 23.7 Å². The van der Waals surface area contributed by atoms with E-state index >= 15 is 0 Å². The molecule has 0 aliphatic carbocycles. The van der Waals surface area contributed by atoms with Crippen LogP contribution in [0.5, 0.6) is 0 Å². The molecule has 0 aliphatic rings. The van der Waals surface area contributed by atoms with Crippen LogP contribution >= 0.6 is 15.6 Å². The highest BCUT2D eigenvalue weighted by Gasteiger charge is 2.30. The molecule has 3 unspecified atom stereocenters. The Hall–Kier alpha value is -1.94. The number of esters is 4. The number of aliphatic hydroxyl groups is 1. The molecule has 96 heavy (non-hydrogen) atoms. The van der Waals surface area contributed by atoms with Crippen molar-refractivity contribution >= 4 is 39.5 Å². The predicted octanol–water partition coefficient (Wildman–Crippen LogP) is 22.4. The minimum absolute atomic E-state index is 0.102. The van der Waals surface area contributed by atoms with Gasteiger partial charge in [-0.3, -0.25) is 37.3 Å². The van der Waals surface area contributed by atoms with Gasteiger partial charge in [0, 0.05) is 25.7 Å². The summed E-state index contributed by atoms with van der Waals surface area (Å²) in [5.41, 5.74) is 0. The van der Waals surface area contributed by atoms with E-state index in [2.05, 4.69) is 55.4 Å². The molecule has 0 radical (unpaired) electrons. The average Bonchev–Trinajstić information content (AvgIpc) is 1.10. The molecule has 0 aromatic heterocycles. The van der Waals surface area contributed by atoms with Gasteiger partial charge in [0.15, 0.2) is 12.2 Å². The van der Waals surface area contributed by atoms with Crippen LogP contribution in [0.15, 0.2) is 0 Å². The Bertz CT molecular complexity index is 1880. The fourth-order valence-electron chi connectivity index (χ4n) is 11.7. The zero-order valence-corrected chi connectivity index (χ0v) is 64.8. The molecular formula is C77H150O17P2. The van der Waals surface area contributed by atoms with Gasteiger partial charge in [0.25, 0.3) is 0 Å². The second-order valence-corrected chi connectivity index (χ2v) is 32.6. The zero-order valence-electron chi connectivity index (χ0n) is 63.0. The summed E-state index contributed by atoms with van der Waals surface area (Å²) in [4.78, 5) is 72.7. The van der Waals surface area contributed by atoms with Crippen LogP contribution in [0.4, 0.5) is 0 Å². The van der Waals surface area contributed by atoms with Crippen molar-refractivity contribution in [3.8, 4) is 0 Å². The number of rotatable bonds is 74. The second kappa shape index (κ2) is 66.3. The van der Waals surface area contributed by atoms with E-state index in [1.807, 2.05) is 0 Å². The lowest BCUT2D eigenvalue weighted by Gasteiger charge is -2.21. The van der Waals surface area contributed by atoms with E-state index in [4.69, 9.17) is 37.0 Å². The molecule has 0 saturated heterocycles. The van der Waals surface area contributed by atoms with E-state index in [1.54, 1.807) is 0 Å². The zero-order chi connectivity index (χ0) is 71.0. The minimum Gasteiger partial charge on any atom is -0.462 e. The molecule has 19 heteroatoms. The molecule has 570 valence electrons. The molecular weight excluding hydrogens is 1260 g/mol. The van der Waals surface area contributed by atoms with Crippen LogP contribution in [0.25, 0.3) is 0 Å². The van der Waals surface area contributed by atoms with Gasteiger partial charge >= 0.3 is 39.5 Å². The van der Waals surface area contributed by atoms with Gasteiger partial charge in [0.05, 0.1) is 26.4 Å². The predicted molar refractivity (Wildman–Crippen MR) is 391 cm³/mol. The third-order valence-corrected chi connectivity index (χ3v) is 19.7. The van der Waals surface area contributed by atoms with Crippen LogP contribution in [-0.4, -0.2) is 96.7 Å². The lowest BCUT2D eigenvalue weighted by Crippen LogP contribution is -2.30. The van der Waals surface area contributed by atoms with Crippen molar-refractivity contribution in [2.75, 3.05) is 39.6 Å². The summed E-state index contributed by atoms with van der Waals surface area (Å²) in [5, 5.41) is 10.6. The number of hydrogen-bond acceptors (Lipinski definition) is 15. The Morgan fingerprint density at radius 2 is 0.438 bits per heavy atom. The Balaban J connectivity index is 5.10. The number of aliphatic hydroxyl groups excluding tert-OH is 1. The first-order valence-electron chi connectivity index (χ1n) is 39.7. The molecule has 0 amide bonds. The van der Waals surface area contributed by atoms with Crippen LogP contribution in [0.2, 0.25) is 0 Å². The van der Waals surface area contributed by atoms with E-state index in [1.165, 1.54) is 186 Å². The number of unbranched alkanes of at least 4 members (excludes halogenated alkanes) is 40. The molecule has 0 spiro atoms. The summed E-state index contributed by atoms with van der Waals surface area (Å²) in [6.07, 6.45) is 51.9. The van der Waals surface area contributed by atoms with Crippen LogP contribution < -0.4 is 0 Å². The highest BCUT2D eigenvalue weighted by atomic mass is 31.2. The SMILES string of the molecule is CC(C)CCCCCCCCCCCCCCCCCCCCC(=O)OC[C@H](COP(=O)(O)OCC(O)COP(=O)(O)OC[C@@H](COC(=O)CCCCCCCCC(C)C)OC(=O)CCCCCCCCCCCCCCCCC(C)C)OC(=O)CCCCCCCCC(C)C. The second-order valence-electron chi connectivity index (χ2n) is 29.7. The third kappa shape index (κ3) is 70.5. The van der Waals surface area contributed by atoms with Gasteiger partial charge in [-0.05, 0) is 49.4 Å². The lowest BCUT2D eigenvalue weighted by atomic mass is 10.0. The van der Waals surface area contributed by atoms with Gasteiger partial charge in [-0.2, -0.15) is 0 Å². The molecule has 0 saturated carbocycles. The van der Waals surface area contributed by atoms with Crippen molar-refractivity contribution in [3.05, 3.63) is 0 Å². The van der Waals surface area contributed by atoms with E-state index in [0.29, 0.717) is 37.5 Å². The topological polar surface area (TPSA) is 237 Å². The maximum absolute atomic E-state index is 13.0. The molecule has 5 atom stereocenters. The molecule has 17 nitrogen and oxygen atoms in total. The number of ether oxygens (including phenoxy) is 4. The maximum atomic E-state index is 13.0. The Labute approximate surface area is 588 Å². The van der Waals surface area contributed by atoms with Crippen LogP contribution in [0, 0.1) is 23.7 Å². The van der Waals surface area contributed by atoms with E-state index in [0.717, 1.165) is 108 Å². The van der Waals surface area contributed by atoms with Crippen molar-refractivity contribution in [2.45, 2.75) is 408 Å². The molecule has 0 aliphatic heterocycles. The fourth-order valence-corrected chi connectivity index (χ4v) is 13.3. The number of carbonyl (C=O) groups excluding carboxylic acids is 4. The highest BCUT2D eigenvalue weighted by Crippen LogP contribution is 2.45. The van der Waals surface area contributed by atoms with E-state index in [9.17, 15) is 43.2 Å². The van der Waals surface area contributed by atoms with Gasteiger partial charge in [-0.1, -0.05) is 338 Å². The average molecular weight is 1410 g/mol. The maximum Gasteiger partial charge on any atom is 0.472 e. The summed E-state index contributed by atoms with van der Waals surface area (Å²) >= 11 is 0. The first kappa shape index (κ1) is 94.1. The summed E-state index contributed by atoms with van der Waals surface area (Å²) in [7, 11) is -9.91. The molecule has 0 heterocycles. The molecule has 0 aromatic rings. The van der Waals surface area contributed by atoms with Gasteiger partial charge in [0.1, 0.15) is 19.3 Å². The summed E-state index contributed by atoms with van der Waals surface area (Å²) in [5.74, 6) is 0.840. The molecule has 0 rings (SSSR count). The largest absolute Gasteiger partial charge is 0.472 e. The number of phosphoric acid groups is 2. The molecule has 0 fully saturated rings. The summed E-state index contributed by atoms with van der Waals surface area (Å²) in [6.45, 7) is 14.1. The molecule has 0 aromatic carbocycles. The van der Waals surface area contributed by atoms with Crippen LogP contribution in [0.3, 0.4) is 0 Å². The van der Waals surface area contributed by atoms with Crippen molar-refractivity contribution in [1.29, 1.82) is 0 Å². The Kier molecular flexibility index (Phi) is 65.0. The monoisotopic (exact) mass is 1410 g/mol. The van der Waals surface area contributed by atoms with Gasteiger partial charge in [0.2, 0.25) is 0 Å². The normalized spacial score (nSPS) is 14.1. The lowest BCUT2D eigenvalue weighted by molar-refractivity contribution is -0.161. The van der Waals surface area contributed by atoms with Crippen molar-refractivity contribution in [3.63, 3.8) is 0 Å². The quantitative estimate of drug-likeness (QED) is 0.0222. The minimum atomic E-state index is -4.95. The number of carbonyl (C=O) groups is 4.